The van der Waals surface area contributed by atoms with Crippen molar-refractivity contribution in [1.29, 1.82) is 0 Å². The zero-order valence-corrected chi connectivity index (χ0v) is 11.0. The van der Waals surface area contributed by atoms with E-state index in [4.69, 9.17) is 11.5 Å². The molecule has 0 saturated carbocycles. The lowest BCUT2D eigenvalue weighted by atomic mass is 10.2. The largest absolute Gasteiger partial charge is 0.396 e. The van der Waals surface area contributed by atoms with Crippen LogP contribution >= 0.6 is 23.1 Å². The first-order chi connectivity index (χ1) is 8.33. The van der Waals surface area contributed by atoms with Gasteiger partial charge in [-0.25, -0.2) is 4.98 Å². The molecule has 2 rings (SSSR count). The van der Waals surface area contributed by atoms with Crippen LogP contribution in [-0.2, 0) is 0 Å². The van der Waals surface area contributed by atoms with Crippen LogP contribution in [0, 0.1) is 12.3 Å². The molecule has 0 aliphatic carbocycles. The minimum absolute atomic E-state index is 0.270. The number of aromatic nitrogens is 1. The van der Waals surface area contributed by atoms with E-state index in [1.165, 1.54) is 0 Å². The third-order valence-electron chi connectivity index (χ3n) is 2.31. The van der Waals surface area contributed by atoms with Crippen LogP contribution in [-0.4, -0.2) is 22.5 Å². The van der Waals surface area contributed by atoms with Crippen molar-refractivity contribution in [3.8, 4) is 12.3 Å². The molecule has 0 aliphatic heterocycles. The zero-order valence-electron chi connectivity index (χ0n) is 9.35. The lowest BCUT2D eigenvalue weighted by molar-refractivity contribution is 0.287. The molecule has 0 unspecified atom stereocenters. The van der Waals surface area contributed by atoms with E-state index < -0.39 is 0 Å². The van der Waals surface area contributed by atoms with E-state index in [0.29, 0.717) is 0 Å². The van der Waals surface area contributed by atoms with Crippen molar-refractivity contribution in [2.75, 3.05) is 12.4 Å². The summed E-state index contributed by atoms with van der Waals surface area (Å²) in [7, 11) is 0. The lowest BCUT2D eigenvalue weighted by Crippen LogP contribution is -1.84. The van der Waals surface area contributed by atoms with Crippen LogP contribution in [0.25, 0.3) is 10.2 Å². The topological polar surface area (TPSA) is 33.1 Å². The molecule has 0 radical (unpaired) electrons. The number of thioether (sulfide) groups is 1. The molecule has 17 heavy (non-hydrogen) atoms. The third-order valence-corrected chi connectivity index (χ3v) is 4.56. The van der Waals surface area contributed by atoms with Crippen LogP contribution in [0.1, 0.15) is 18.4 Å². The molecule has 88 valence electrons. The number of nitrogens with zero attached hydrogens (tertiary/aromatic N) is 1. The molecule has 1 heterocycles. The van der Waals surface area contributed by atoms with Crippen LogP contribution in [0.4, 0.5) is 0 Å². The van der Waals surface area contributed by atoms with Crippen molar-refractivity contribution in [2.24, 2.45) is 0 Å². The molecule has 0 aliphatic rings. The number of hydrogen-bond donors (Lipinski definition) is 1. The van der Waals surface area contributed by atoms with Gasteiger partial charge in [-0.2, -0.15) is 0 Å². The number of benzene rings is 1. The van der Waals surface area contributed by atoms with Crippen molar-refractivity contribution < 1.29 is 5.11 Å². The third kappa shape index (κ3) is 3.22. The molecule has 0 bridgehead atoms. The van der Waals surface area contributed by atoms with Crippen molar-refractivity contribution in [2.45, 2.75) is 17.2 Å². The molecule has 1 aromatic heterocycles. The summed E-state index contributed by atoms with van der Waals surface area (Å²) in [5, 5.41) is 8.69. The summed E-state index contributed by atoms with van der Waals surface area (Å²) >= 11 is 3.42. The Balaban J connectivity index is 2.07. The minimum Gasteiger partial charge on any atom is -0.396 e. The number of aliphatic hydroxyl groups is 1. The molecule has 2 nitrogen and oxygen atoms in total. The van der Waals surface area contributed by atoms with Crippen LogP contribution in [0.5, 0.6) is 0 Å². The molecule has 1 N–H and O–H groups in total. The monoisotopic (exact) mass is 263 g/mol. The van der Waals surface area contributed by atoms with Crippen molar-refractivity contribution in [3.63, 3.8) is 0 Å². The molecular weight excluding hydrogens is 250 g/mol. The van der Waals surface area contributed by atoms with E-state index in [9.17, 15) is 0 Å². The number of hydrogen-bond acceptors (Lipinski definition) is 4. The van der Waals surface area contributed by atoms with Crippen LogP contribution in [0.15, 0.2) is 22.5 Å². The number of fused-ring (bicyclic) bond motifs is 1. The second kappa shape index (κ2) is 6.06. The molecule has 0 saturated heterocycles. The summed E-state index contributed by atoms with van der Waals surface area (Å²) in [6, 6.07) is 5.89. The first-order valence-electron chi connectivity index (χ1n) is 5.44. The maximum absolute atomic E-state index is 8.69. The molecule has 0 atom stereocenters. The Morgan fingerprint density at radius 1 is 1.41 bits per heavy atom. The van der Waals surface area contributed by atoms with Gasteiger partial charge in [0, 0.05) is 17.9 Å². The minimum atomic E-state index is 0.270. The Hall–Kier alpha value is -1.02. The fraction of sp³-hybridized carbons (Fsp3) is 0.308. The summed E-state index contributed by atoms with van der Waals surface area (Å²) in [4.78, 5) is 4.54. The summed E-state index contributed by atoms with van der Waals surface area (Å²) in [5.41, 5.74) is 1.91. The van der Waals surface area contributed by atoms with Gasteiger partial charge in [0.1, 0.15) is 0 Å². The zero-order chi connectivity index (χ0) is 12.1. The van der Waals surface area contributed by atoms with Crippen LogP contribution in [0.2, 0.25) is 0 Å². The molecule has 0 amide bonds. The Kier molecular flexibility index (Phi) is 4.43. The highest BCUT2D eigenvalue weighted by atomic mass is 32.2. The quantitative estimate of drug-likeness (QED) is 0.511. The van der Waals surface area contributed by atoms with Gasteiger partial charge in [-0.1, -0.05) is 17.7 Å². The summed E-state index contributed by atoms with van der Waals surface area (Å²) in [6.45, 7) is 0.270. The fourth-order valence-electron chi connectivity index (χ4n) is 1.43. The Morgan fingerprint density at radius 3 is 3.06 bits per heavy atom. The van der Waals surface area contributed by atoms with E-state index in [1.54, 1.807) is 23.1 Å². The van der Waals surface area contributed by atoms with Crippen molar-refractivity contribution in [3.05, 3.63) is 23.8 Å². The van der Waals surface area contributed by atoms with Crippen molar-refractivity contribution >= 4 is 33.3 Å². The Bertz CT molecular complexity index is 542. The van der Waals surface area contributed by atoms with E-state index in [1.807, 2.05) is 18.2 Å². The van der Waals surface area contributed by atoms with Gasteiger partial charge < -0.3 is 5.11 Å². The predicted octanol–water partition coefficient (Wildman–Crippen LogP) is 3.14. The lowest BCUT2D eigenvalue weighted by Gasteiger charge is -1.94. The summed E-state index contributed by atoms with van der Waals surface area (Å²) in [5.74, 6) is 3.63. The summed E-state index contributed by atoms with van der Waals surface area (Å²) in [6.07, 6.45) is 7.25. The number of terminal acetylenes is 1. The number of rotatable bonds is 5. The predicted molar refractivity (Wildman–Crippen MR) is 74.6 cm³/mol. The molecule has 0 spiro atoms. The van der Waals surface area contributed by atoms with Gasteiger partial charge in [0.15, 0.2) is 4.34 Å². The summed E-state index contributed by atoms with van der Waals surface area (Å²) < 4.78 is 2.22. The van der Waals surface area contributed by atoms with Gasteiger partial charge in [-0.15, -0.1) is 17.8 Å². The second-order valence-electron chi connectivity index (χ2n) is 3.59. The number of unbranched alkanes of at least 4 members (excludes halogenated alkanes) is 1. The fourth-order valence-corrected chi connectivity index (χ4v) is 3.61. The van der Waals surface area contributed by atoms with Gasteiger partial charge >= 0.3 is 0 Å². The molecule has 2 aromatic rings. The average Bonchev–Trinajstić information content (AvgIpc) is 2.76. The number of aliphatic hydroxyl groups excluding tert-OH is 1. The highest BCUT2D eigenvalue weighted by Gasteiger charge is 2.04. The standard InChI is InChI=1S/C13H13NOS2/c1-2-10-5-6-11-12(9-10)17-13(14-11)16-8-4-3-7-15/h1,5-6,9,15H,3-4,7-8H2. The first kappa shape index (κ1) is 12.4. The van der Waals surface area contributed by atoms with Gasteiger partial charge in [0.25, 0.3) is 0 Å². The smallest absolute Gasteiger partial charge is 0.151 e. The van der Waals surface area contributed by atoms with Gasteiger partial charge in [0.2, 0.25) is 0 Å². The molecule has 0 fully saturated rings. The van der Waals surface area contributed by atoms with Gasteiger partial charge in [-0.05, 0) is 31.0 Å². The second-order valence-corrected chi connectivity index (χ2v) is 5.96. The molecule has 4 heteroatoms. The maximum atomic E-state index is 8.69. The SMILES string of the molecule is C#Cc1ccc2nc(SCCCCO)sc2c1. The van der Waals surface area contributed by atoms with E-state index in [0.717, 1.165) is 38.7 Å². The van der Waals surface area contributed by atoms with Crippen molar-refractivity contribution in [1.82, 2.24) is 4.98 Å². The van der Waals surface area contributed by atoms with E-state index >= 15 is 0 Å². The van der Waals surface area contributed by atoms with Gasteiger partial charge in [-0.3, -0.25) is 0 Å². The molecule has 1 aromatic carbocycles. The Morgan fingerprint density at radius 2 is 2.29 bits per heavy atom. The van der Waals surface area contributed by atoms with E-state index in [-0.39, 0.29) is 6.61 Å². The average molecular weight is 263 g/mol. The van der Waals surface area contributed by atoms with Crippen LogP contribution in [0.3, 0.4) is 0 Å². The Labute approximate surface area is 109 Å². The van der Waals surface area contributed by atoms with Crippen LogP contribution < -0.4 is 0 Å². The normalized spacial score (nSPS) is 10.6. The highest BCUT2D eigenvalue weighted by molar-refractivity contribution is 8.01. The van der Waals surface area contributed by atoms with E-state index in [2.05, 4.69) is 10.9 Å². The molecular formula is C13H13NOS2. The highest BCUT2D eigenvalue weighted by Crippen LogP contribution is 2.30. The maximum Gasteiger partial charge on any atom is 0.151 e. The first-order valence-corrected chi connectivity index (χ1v) is 7.24. The number of thiazole rings is 1. The van der Waals surface area contributed by atoms with Gasteiger partial charge in [0.05, 0.1) is 10.2 Å².